The van der Waals surface area contributed by atoms with Gasteiger partial charge in [0.1, 0.15) is 0 Å². The van der Waals surface area contributed by atoms with Crippen LogP contribution in [0.5, 0.6) is 0 Å². The highest BCUT2D eigenvalue weighted by atomic mass is 32.1. The van der Waals surface area contributed by atoms with E-state index in [-0.39, 0.29) is 5.97 Å². The third kappa shape index (κ3) is 12.6. The Morgan fingerprint density at radius 2 is 1.58 bits per heavy atom. The van der Waals surface area contributed by atoms with E-state index in [1.807, 2.05) is 0 Å². The van der Waals surface area contributed by atoms with Gasteiger partial charge in [0.05, 0.1) is 13.0 Å². The number of unbranched alkanes of at least 4 members (excludes halogenated alkanes) is 5. The van der Waals surface area contributed by atoms with Crippen LogP contribution in [-0.2, 0) is 9.53 Å². The van der Waals surface area contributed by atoms with Crippen molar-refractivity contribution < 1.29 is 9.53 Å². The minimum atomic E-state index is -0.0935. The largest absolute Gasteiger partial charge is 0.465 e. The second-order valence-corrected chi connectivity index (χ2v) is 5.81. The summed E-state index contributed by atoms with van der Waals surface area (Å²) in [4.78, 5) is 11.4. The van der Waals surface area contributed by atoms with Crippen LogP contribution in [0.1, 0.15) is 78.1 Å². The lowest BCUT2D eigenvalue weighted by molar-refractivity contribution is -0.144. The molecule has 19 heavy (non-hydrogen) atoms. The third-order valence-corrected chi connectivity index (χ3v) is 3.70. The Hall–Kier alpha value is -0.180. The zero-order chi connectivity index (χ0) is 14.3. The molecule has 0 aromatic rings. The quantitative estimate of drug-likeness (QED) is 0.293. The molecule has 3 heteroatoms. The summed E-state index contributed by atoms with van der Waals surface area (Å²) in [6.07, 6.45) is 11.8. The molecule has 1 unspecified atom stereocenters. The van der Waals surface area contributed by atoms with Crippen LogP contribution in [0.4, 0.5) is 0 Å². The van der Waals surface area contributed by atoms with Crippen molar-refractivity contribution in [2.45, 2.75) is 78.1 Å². The summed E-state index contributed by atoms with van der Waals surface area (Å²) < 4.78 is 5.34. The number of esters is 1. The predicted octanol–water partition coefficient (Wildman–Crippen LogP) is 5.02. The summed E-state index contributed by atoms with van der Waals surface area (Å²) in [7, 11) is 0. The molecular formula is C16H32O2S. The molecule has 0 aliphatic rings. The standard InChI is InChI=1S/C16H32O2S/c1-3-5-7-9-11-15(10-8-6-4-2)14-18-16(17)12-13-19/h15,19H,3-14H2,1-2H3. The zero-order valence-electron chi connectivity index (χ0n) is 12.8. The molecule has 0 aromatic heterocycles. The van der Waals surface area contributed by atoms with E-state index in [2.05, 4.69) is 26.5 Å². The Morgan fingerprint density at radius 3 is 2.16 bits per heavy atom. The summed E-state index contributed by atoms with van der Waals surface area (Å²) in [6.45, 7) is 5.07. The smallest absolute Gasteiger partial charge is 0.306 e. The van der Waals surface area contributed by atoms with Gasteiger partial charge in [-0.25, -0.2) is 0 Å². The molecule has 0 fully saturated rings. The molecule has 114 valence electrons. The average Bonchev–Trinajstić information content (AvgIpc) is 2.40. The van der Waals surface area contributed by atoms with Crippen molar-refractivity contribution >= 4 is 18.6 Å². The molecule has 1 atom stereocenters. The van der Waals surface area contributed by atoms with Crippen molar-refractivity contribution in [2.75, 3.05) is 12.4 Å². The van der Waals surface area contributed by atoms with E-state index in [9.17, 15) is 4.79 Å². The van der Waals surface area contributed by atoms with Crippen LogP contribution in [0.25, 0.3) is 0 Å². The van der Waals surface area contributed by atoms with E-state index >= 15 is 0 Å². The van der Waals surface area contributed by atoms with Gasteiger partial charge in [0.25, 0.3) is 0 Å². The van der Waals surface area contributed by atoms with Gasteiger partial charge < -0.3 is 4.74 Å². The summed E-state index contributed by atoms with van der Waals surface area (Å²) in [5.74, 6) is 1.05. The summed E-state index contributed by atoms with van der Waals surface area (Å²) in [5.41, 5.74) is 0. The van der Waals surface area contributed by atoms with Crippen LogP contribution in [0, 0.1) is 5.92 Å². The topological polar surface area (TPSA) is 26.3 Å². The molecule has 0 aliphatic heterocycles. The van der Waals surface area contributed by atoms with Crippen LogP contribution in [0.15, 0.2) is 0 Å². The maximum absolute atomic E-state index is 11.4. The Balaban J connectivity index is 3.84. The number of hydrogen-bond donors (Lipinski definition) is 1. The minimum Gasteiger partial charge on any atom is -0.465 e. The van der Waals surface area contributed by atoms with Crippen LogP contribution in [-0.4, -0.2) is 18.3 Å². The van der Waals surface area contributed by atoms with E-state index < -0.39 is 0 Å². The van der Waals surface area contributed by atoms with Crippen LogP contribution in [0.3, 0.4) is 0 Å². The minimum absolute atomic E-state index is 0.0935. The number of ether oxygens (including phenoxy) is 1. The fraction of sp³-hybridized carbons (Fsp3) is 0.938. The molecule has 0 amide bonds. The van der Waals surface area contributed by atoms with E-state index in [0.29, 0.717) is 24.7 Å². The summed E-state index contributed by atoms with van der Waals surface area (Å²) >= 11 is 4.05. The van der Waals surface area contributed by atoms with Gasteiger partial charge in [-0.15, -0.1) is 0 Å². The Morgan fingerprint density at radius 1 is 1.00 bits per heavy atom. The lowest BCUT2D eigenvalue weighted by Crippen LogP contribution is -2.14. The number of carbonyl (C=O) groups excluding carboxylic acids is 1. The number of hydrogen-bond acceptors (Lipinski definition) is 3. The molecular weight excluding hydrogens is 256 g/mol. The van der Waals surface area contributed by atoms with E-state index in [4.69, 9.17) is 4.74 Å². The normalized spacial score (nSPS) is 12.4. The van der Waals surface area contributed by atoms with E-state index in [0.717, 1.165) is 0 Å². The first kappa shape index (κ1) is 18.8. The highest BCUT2D eigenvalue weighted by Gasteiger charge is 2.11. The fourth-order valence-electron chi connectivity index (χ4n) is 2.23. The van der Waals surface area contributed by atoms with Crippen molar-refractivity contribution in [1.29, 1.82) is 0 Å². The molecule has 0 N–H and O–H groups in total. The molecule has 0 spiro atoms. The van der Waals surface area contributed by atoms with Gasteiger partial charge in [-0.3, -0.25) is 4.79 Å². The molecule has 2 nitrogen and oxygen atoms in total. The maximum Gasteiger partial charge on any atom is 0.306 e. The van der Waals surface area contributed by atoms with Gasteiger partial charge in [-0.2, -0.15) is 12.6 Å². The second kappa shape index (κ2) is 14.2. The molecule has 0 bridgehead atoms. The van der Waals surface area contributed by atoms with Crippen molar-refractivity contribution in [2.24, 2.45) is 5.92 Å². The Bertz CT molecular complexity index is 207. The first-order chi connectivity index (χ1) is 9.24. The fourth-order valence-corrected chi connectivity index (χ4v) is 2.41. The first-order valence-electron chi connectivity index (χ1n) is 8.01. The van der Waals surface area contributed by atoms with Crippen LogP contribution in [0.2, 0.25) is 0 Å². The summed E-state index contributed by atoms with van der Waals surface area (Å²) in [6, 6.07) is 0. The van der Waals surface area contributed by atoms with Crippen molar-refractivity contribution in [3.8, 4) is 0 Å². The van der Waals surface area contributed by atoms with Gasteiger partial charge in [0.2, 0.25) is 0 Å². The maximum atomic E-state index is 11.4. The van der Waals surface area contributed by atoms with Gasteiger partial charge >= 0.3 is 5.97 Å². The number of carbonyl (C=O) groups is 1. The number of thiol groups is 1. The van der Waals surface area contributed by atoms with E-state index in [1.165, 1.54) is 57.8 Å². The van der Waals surface area contributed by atoms with Crippen molar-refractivity contribution in [3.05, 3.63) is 0 Å². The Labute approximate surface area is 125 Å². The lowest BCUT2D eigenvalue weighted by Gasteiger charge is -2.17. The van der Waals surface area contributed by atoms with Gasteiger partial charge in [0.15, 0.2) is 0 Å². The second-order valence-electron chi connectivity index (χ2n) is 5.37. The van der Waals surface area contributed by atoms with Crippen molar-refractivity contribution in [3.63, 3.8) is 0 Å². The number of rotatable bonds is 13. The predicted molar refractivity (Wildman–Crippen MR) is 85.8 cm³/mol. The molecule has 0 saturated carbocycles. The molecule has 0 rings (SSSR count). The van der Waals surface area contributed by atoms with Crippen molar-refractivity contribution in [1.82, 2.24) is 0 Å². The monoisotopic (exact) mass is 288 g/mol. The first-order valence-corrected chi connectivity index (χ1v) is 8.64. The molecule has 0 aromatic carbocycles. The molecule has 0 aliphatic carbocycles. The lowest BCUT2D eigenvalue weighted by atomic mass is 9.95. The van der Waals surface area contributed by atoms with E-state index in [1.54, 1.807) is 0 Å². The van der Waals surface area contributed by atoms with Gasteiger partial charge in [-0.05, 0) is 18.8 Å². The highest BCUT2D eigenvalue weighted by molar-refractivity contribution is 7.80. The average molecular weight is 288 g/mol. The summed E-state index contributed by atoms with van der Waals surface area (Å²) in [5, 5.41) is 0. The molecule has 0 heterocycles. The Kier molecular flexibility index (Phi) is 14.1. The third-order valence-electron chi connectivity index (χ3n) is 3.48. The molecule has 0 saturated heterocycles. The van der Waals surface area contributed by atoms with Gasteiger partial charge in [0, 0.05) is 5.75 Å². The highest BCUT2D eigenvalue weighted by Crippen LogP contribution is 2.18. The zero-order valence-corrected chi connectivity index (χ0v) is 13.7. The van der Waals surface area contributed by atoms with Gasteiger partial charge in [-0.1, -0.05) is 58.8 Å². The van der Waals surface area contributed by atoms with Crippen LogP contribution < -0.4 is 0 Å². The van der Waals surface area contributed by atoms with Crippen LogP contribution >= 0.6 is 12.6 Å². The SMILES string of the molecule is CCCCCCC(CCCCC)COC(=O)CCS. The molecule has 0 radical (unpaired) electrons.